The highest BCUT2D eigenvalue weighted by Gasteiger charge is 2.35. The van der Waals surface area contributed by atoms with Crippen molar-refractivity contribution in [3.8, 4) is 0 Å². The lowest BCUT2D eigenvalue weighted by Gasteiger charge is -2.14. The summed E-state index contributed by atoms with van der Waals surface area (Å²) in [6, 6.07) is 29.5. The fraction of sp³-hybridized carbons (Fsp3) is 0.179. The van der Waals surface area contributed by atoms with Gasteiger partial charge in [0.2, 0.25) is 11.4 Å². The van der Waals surface area contributed by atoms with Crippen LogP contribution in [0.1, 0.15) is 36.6 Å². The van der Waals surface area contributed by atoms with Crippen LogP contribution in [-0.4, -0.2) is 32.8 Å². The molecule has 0 bridgehead atoms. The number of fused-ring (bicyclic) bond motifs is 1. The second-order valence-electron chi connectivity index (χ2n) is 8.51. The van der Waals surface area contributed by atoms with E-state index in [1.165, 1.54) is 5.56 Å². The first-order chi connectivity index (χ1) is 16.1. The number of aromatic nitrogens is 2. The molecule has 0 saturated carbocycles. The molecule has 0 fully saturated rings. The zero-order chi connectivity index (χ0) is 22.8. The van der Waals surface area contributed by atoms with Crippen LogP contribution in [0.4, 0.5) is 17.2 Å². The molecule has 2 heterocycles. The molecule has 164 valence electrons. The molecule has 5 heteroatoms. The number of aliphatic imine (C=N–C) groups is 1. The number of anilines is 1. The van der Waals surface area contributed by atoms with Gasteiger partial charge in [0.05, 0.1) is 11.8 Å². The summed E-state index contributed by atoms with van der Waals surface area (Å²) in [7, 11) is 2.11. The summed E-state index contributed by atoms with van der Waals surface area (Å²) >= 11 is 0. The van der Waals surface area contributed by atoms with Gasteiger partial charge in [-0.2, -0.15) is 9.67 Å². The zero-order valence-corrected chi connectivity index (χ0v) is 19.2. The van der Waals surface area contributed by atoms with Crippen molar-refractivity contribution in [3.05, 3.63) is 108 Å². The standard InChI is InChI=1S/C28H27N5/c1-20(2)33-28(29-18-21-12-6-4-7-13-21)24(19-30-33)31-26-23-16-10-11-17-25(23)32(3)27(26)22-14-8-5-9-15-22/h4-17,19-20H,18H2,1-3H3/p+1. The molecule has 1 N–H and O–H groups in total. The van der Waals surface area contributed by atoms with Gasteiger partial charge in [-0.1, -0.05) is 60.7 Å². The van der Waals surface area contributed by atoms with Crippen LogP contribution < -0.4 is 5.32 Å². The minimum atomic E-state index is 0.216. The number of hydrogen-bond acceptors (Lipinski definition) is 3. The molecule has 0 aliphatic carbocycles. The molecule has 0 atom stereocenters. The van der Waals surface area contributed by atoms with Gasteiger partial charge in [0.15, 0.2) is 5.82 Å². The first-order valence-corrected chi connectivity index (χ1v) is 11.3. The zero-order valence-electron chi connectivity index (χ0n) is 19.2. The highest BCUT2D eigenvalue weighted by Crippen LogP contribution is 2.33. The number of rotatable bonds is 6. The Bertz CT molecular complexity index is 1330. The smallest absolute Gasteiger partial charge is 0.239 e. The largest absolute Gasteiger partial charge is 0.364 e. The van der Waals surface area contributed by atoms with E-state index in [9.17, 15) is 0 Å². The fourth-order valence-corrected chi connectivity index (χ4v) is 4.31. The molecule has 1 aliphatic rings. The van der Waals surface area contributed by atoms with Crippen molar-refractivity contribution in [1.29, 1.82) is 0 Å². The maximum atomic E-state index is 5.22. The van der Waals surface area contributed by atoms with Gasteiger partial charge < -0.3 is 5.32 Å². The van der Waals surface area contributed by atoms with Crippen LogP contribution in [0.3, 0.4) is 0 Å². The average molecular weight is 435 g/mol. The molecular formula is C28H28N5+. The molecular weight excluding hydrogens is 406 g/mol. The van der Waals surface area contributed by atoms with Crippen LogP contribution in [0, 0.1) is 0 Å². The monoisotopic (exact) mass is 434 g/mol. The van der Waals surface area contributed by atoms with Gasteiger partial charge in [-0.05, 0) is 37.6 Å². The van der Waals surface area contributed by atoms with E-state index in [0.29, 0.717) is 6.54 Å². The minimum absolute atomic E-state index is 0.216. The third-order valence-electron chi connectivity index (χ3n) is 5.93. The normalized spacial score (nSPS) is 14.2. The number of hydrogen-bond donors (Lipinski definition) is 1. The Hall–Kier alpha value is -3.99. The predicted molar refractivity (Wildman–Crippen MR) is 135 cm³/mol. The number of nitrogens with zero attached hydrogens (tertiary/aromatic N) is 4. The second-order valence-corrected chi connectivity index (χ2v) is 8.51. The highest BCUT2D eigenvalue weighted by molar-refractivity contribution is 6.54. The van der Waals surface area contributed by atoms with Gasteiger partial charge in [-0.3, -0.25) is 0 Å². The van der Waals surface area contributed by atoms with Gasteiger partial charge in [0.1, 0.15) is 18.4 Å². The van der Waals surface area contributed by atoms with Crippen molar-refractivity contribution in [2.24, 2.45) is 4.99 Å². The van der Waals surface area contributed by atoms with E-state index in [1.54, 1.807) is 0 Å². The Morgan fingerprint density at radius 3 is 2.30 bits per heavy atom. The number of para-hydroxylation sites is 1. The molecule has 33 heavy (non-hydrogen) atoms. The van der Waals surface area contributed by atoms with Crippen LogP contribution in [-0.2, 0) is 6.54 Å². The Morgan fingerprint density at radius 2 is 1.58 bits per heavy atom. The second kappa shape index (κ2) is 8.87. The van der Waals surface area contributed by atoms with Gasteiger partial charge in [-0.15, -0.1) is 0 Å². The van der Waals surface area contributed by atoms with E-state index in [-0.39, 0.29) is 6.04 Å². The average Bonchev–Trinajstić information content (AvgIpc) is 3.38. The maximum absolute atomic E-state index is 5.22. The lowest BCUT2D eigenvalue weighted by molar-refractivity contribution is -0.399. The van der Waals surface area contributed by atoms with E-state index in [0.717, 1.165) is 39.7 Å². The van der Waals surface area contributed by atoms with Crippen LogP contribution in [0.25, 0.3) is 0 Å². The van der Waals surface area contributed by atoms with Crippen molar-refractivity contribution in [1.82, 2.24) is 9.78 Å². The SMILES string of the molecule is CC(C)n1ncc(N=C2C(c3ccccc3)=[N+](C)c3ccccc32)c1NCc1ccccc1. The van der Waals surface area contributed by atoms with Crippen molar-refractivity contribution in [3.63, 3.8) is 0 Å². The highest BCUT2D eigenvalue weighted by atomic mass is 15.3. The molecule has 1 aromatic heterocycles. The third kappa shape index (κ3) is 3.98. The van der Waals surface area contributed by atoms with Crippen molar-refractivity contribution >= 4 is 28.6 Å². The van der Waals surface area contributed by atoms with E-state index in [4.69, 9.17) is 4.99 Å². The Morgan fingerprint density at radius 1 is 0.909 bits per heavy atom. The molecule has 3 aromatic carbocycles. The maximum Gasteiger partial charge on any atom is 0.239 e. The molecule has 4 aromatic rings. The Balaban J connectivity index is 1.61. The third-order valence-corrected chi connectivity index (χ3v) is 5.93. The van der Waals surface area contributed by atoms with Crippen molar-refractivity contribution in [2.75, 3.05) is 12.4 Å². The minimum Gasteiger partial charge on any atom is -0.364 e. The summed E-state index contributed by atoms with van der Waals surface area (Å²) < 4.78 is 4.24. The van der Waals surface area contributed by atoms with Crippen LogP contribution >= 0.6 is 0 Å². The summed E-state index contributed by atoms with van der Waals surface area (Å²) in [5.41, 5.74) is 7.55. The molecule has 1 aliphatic heterocycles. The molecule has 0 radical (unpaired) electrons. The van der Waals surface area contributed by atoms with E-state index >= 15 is 0 Å². The van der Waals surface area contributed by atoms with E-state index in [2.05, 4.69) is 109 Å². The van der Waals surface area contributed by atoms with Crippen LogP contribution in [0.2, 0.25) is 0 Å². The molecule has 0 unspecified atom stereocenters. The number of benzene rings is 3. The topological polar surface area (TPSA) is 45.2 Å². The van der Waals surface area contributed by atoms with Crippen LogP contribution in [0.15, 0.2) is 96.1 Å². The van der Waals surface area contributed by atoms with E-state index in [1.807, 2.05) is 23.0 Å². The molecule has 5 nitrogen and oxygen atoms in total. The van der Waals surface area contributed by atoms with Gasteiger partial charge in [0.25, 0.3) is 0 Å². The van der Waals surface area contributed by atoms with Gasteiger partial charge in [0, 0.05) is 24.2 Å². The first kappa shape index (κ1) is 20.9. The molecule has 0 amide bonds. The lowest BCUT2D eigenvalue weighted by atomic mass is 10.0. The van der Waals surface area contributed by atoms with Gasteiger partial charge >= 0.3 is 0 Å². The summed E-state index contributed by atoms with van der Waals surface area (Å²) in [6.45, 7) is 4.98. The lowest BCUT2D eigenvalue weighted by Crippen LogP contribution is -2.18. The van der Waals surface area contributed by atoms with Crippen LogP contribution in [0.5, 0.6) is 0 Å². The summed E-state index contributed by atoms with van der Waals surface area (Å²) in [5, 5.41) is 8.26. The summed E-state index contributed by atoms with van der Waals surface area (Å²) in [6.07, 6.45) is 1.86. The predicted octanol–water partition coefficient (Wildman–Crippen LogP) is 5.97. The number of nitrogens with one attached hydrogen (secondary N) is 1. The fourth-order valence-electron chi connectivity index (χ4n) is 4.31. The van der Waals surface area contributed by atoms with E-state index < -0.39 is 0 Å². The quantitative estimate of drug-likeness (QED) is 0.380. The Kier molecular flexibility index (Phi) is 5.61. The van der Waals surface area contributed by atoms with Crippen molar-refractivity contribution in [2.45, 2.75) is 26.4 Å². The van der Waals surface area contributed by atoms with Crippen molar-refractivity contribution < 1.29 is 4.58 Å². The molecule has 0 saturated heterocycles. The first-order valence-electron chi connectivity index (χ1n) is 11.3. The summed E-state index contributed by atoms with van der Waals surface area (Å²) in [5.74, 6) is 0.931. The Labute approximate surface area is 194 Å². The summed E-state index contributed by atoms with van der Waals surface area (Å²) in [4.78, 5) is 5.22. The molecule has 5 rings (SSSR count). The van der Waals surface area contributed by atoms with Gasteiger partial charge in [-0.25, -0.2) is 9.67 Å². The molecule has 0 spiro atoms.